The largest absolute Gasteiger partial charge is 0.354 e. The van der Waals surface area contributed by atoms with Crippen LogP contribution in [-0.2, 0) is 50.3 Å². The standard InChI is InChI=1S/C40H26N2O19S5/c43-36(18-4-3-5-20(14-18)63(50,51)52)34-31-22-6-1-2-7-23(22)39(46)32-28(17-30(66(59,60)61)35(33(31)32)42-40(34)47)41-27-16-19(9-11-29(27)65(56,57)58)62(48,49)13-12-25-37(44)24-10-8-21(64(53,54)55)15-26(24)38(25)45/h1-11,14-17,25,41H,12-13H2,(H,42,47)(H,50,51,52)(H,53,54,55)(H,56,57,58)(H,59,60,61). The van der Waals surface area contributed by atoms with Crippen LogP contribution in [0.5, 0.6) is 0 Å². The average molecular weight is 999 g/mol. The molecule has 0 aliphatic heterocycles. The quantitative estimate of drug-likeness (QED) is 0.0579. The Balaban J connectivity index is 1.29. The van der Waals surface area contributed by atoms with E-state index in [-0.39, 0.29) is 16.7 Å². The second-order valence-electron chi connectivity index (χ2n) is 14.8. The van der Waals surface area contributed by atoms with Gasteiger partial charge in [-0.15, -0.1) is 0 Å². The molecule has 66 heavy (non-hydrogen) atoms. The first kappa shape index (κ1) is 45.9. The Bertz CT molecular complexity index is 3920. The Labute approximate surface area is 372 Å². The number of rotatable bonds is 12. The molecule has 2 aliphatic rings. The first-order valence-corrected chi connectivity index (χ1v) is 25.8. The summed E-state index contributed by atoms with van der Waals surface area (Å²) in [6, 6.07) is 14.2. The molecular formula is C40H26N2O19S5. The van der Waals surface area contributed by atoms with E-state index in [1.807, 2.05) is 0 Å². The van der Waals surface area contributed by atoms with Gasteiger partial charge in [0.25, 0.3) is 46.0 Å². The summed E-state index contributed by atoms with van der Waals surface area (Å²) in [6.45, 7) is 0. The van der Waals surface area contributed by atoms with Gasteiger partial charge in [0.05, 0.1) is 54.4 Å². The maximum atomic E-state index is 14.5. The number of benzene rings is 5. The van der Waals surface area contributed by atoms with E-state index in [2.05, 4.69) is 10.3 Å². The lowest BCUT2D eigenvalue weighted by Crippen LogP contribution is -2.25. The SMILES string of the molecule is O=C(c1cccc(S(=O)(=O)O)c1)c1c2c3c(c(Nc4cc(S(=O)(=O)CCC5C(=O)c6ccc(S(=O)(=O)O)cc6C5=O)ccc4S(=O)(=O)O)cc(S(=O)(=O)O)c3[nH]c1=O)C(=O)c1ccccc1-2. The molecule has 340 valence electrons. The maximum Gasteiger partial charge on any atom is 0.296 e. The van der Waals surface area contributed by atoms with E-state index >= 15 is 0 Å². The van der Waals surface area contributed by atoms with Gasteiger partial charge in [0, 0.05) is 33.2 Å². The summed E-state index contributed by atoms with van der Waals surface area (Å²) in [5.74, 6) is -6.62. The van der Waals surface area contributed by atoms with Crippen LogP contribution in [0.1, 0.15) is 59.0 Å². The Morgan fingerprint density at radius 3 is 1.80 bits per heavy atom. The fraction of sp³-hybridized carbons (Fsp3) is 0.0750. The minimum Gasteiger partial charge on any atom is -0.354 e. The van der Waals surface area contributed by atoms with E-state index < -0.39 is 172 Å². The smallest absolute Gasteiger partial charge is 0.296 e. The Hall–Kier alpha value is -6.62. The van der Waals surface area contributed by atoms with E-state index in [4.69, 9.17) is 0 Å². The molecule has 0 amide bonds. The van der Waals surface area contributed by atoms with Crippen molar-refractivity contribution >= 4 is 95.7 Å². The van der Waals surface area contributed by atoms with E-state index in [0.717, 1.165) is 48.5 Å². The number of pyridine rings is 1. The highest BCUT2D eigenvalue weighted by Crippen LogP contribution is 2.46. The van der Waals surface area contributed by atoms with Gasteiger partial charge < -0.3 is 10.3 Å². The van der Waals surface area contributed by atoms with Crippen LogP contribution in [0.2, 0.25) is 0 Å². The van der Waals surface area contributed by atoms with Gasteiger partial charge in [-0.05, 0) is 66.6 Å². The van der Waals surface area contributed by atoms with Crippen LogP contribution in [0.25, 0.3) is 22.0 Å². The fourth-order valence-electron chi connectivity index (χ4n) is 7.87. The number of hydrogen-bond donors (Lipinski definition) is 6. The van der Waals surface area contributed by atoms with Crippen molar-refractivity contribution in [3.05, 3.63) is 135 Å². The number of aromatic amines is 1. The lowest BCUT2D eigenvalue weighted by Gasteiger charge is -2.25. The normalized spacial score (nSPS) is 15.2. The second kappa shape index (κ2) is 15.5. The first-order chi connectivity index (χ1) is 30.6. The molecule has 6 N–H and O–H groups in total. The molecule has 1 heterocycles. The van der Waals surface area contributed by atoms with Crippen molar-refractivity contribution in [3.63, 3.8) is 0 Å². The molecule has 6 aromatic rings. The highest BCUT2D eigenvalue weighted by molar-refractivity contribution is 7.91. The number of hydrogen-bond acceptors (Lipinski definition) is 16. The van der Waals surface area contributed by atoms with Crippen LogP contribution in [-0.4, -0.2) is 94.2 Å². The highest BCUT2D eigenvalue weighted by Gasteiger charge is 2.41. The third-order valence-electron chi connectivity index (χ3n) is 10.8. The number of sulfone groups is 1. The molecule has 0 bridgehead atoms. The topological polar surface area (TPSA) is 365 Å². The minimum absolute atomic E-state index is 0.147. The summed E-state index contributed by atoms with van der Waals surface area (Å²) < 4.78 is 166. The Morgan fingerprint density at radius 2 is 1.17 bits per heavy atom. The lowest BCUT2D eigenvalue weighted by atomic mass is 9.80. The predicted octanol–water partition coefficient (Wildman–Crippen LogP) is 3.56. The van der Waals surface area contributed by atoms with Gasteiger partial charge in [-0.2, -0.15) is 33.7 Å². The molecule has 21 nitrogen and oxygen atoms in total. The van der Waals surface area contributed by atoms with Crippen LogP contribution < -0.4 is 10.9 Å². The van der Waals surface area contributed by atoms with Crippen molar-refractivity contribution in [1.82, 2.24) is 4.98 Å². The second-order valence-corrected chi connectivity index (χ2v) is 22.5. The molecule has 8 rings (SSSR count). The van der Waals surface area contributed by atoms with Crippen LogP contribution in [0, 0.1) is 5.92 Å². The van der Waals surface area contributed by atoms with E-state index in [9.17, 15) is 84.3 Å². The Kier molecular flexibility index (Phi) is 10.8. The molecule has 1 aromatic heterocycles. The van der Waals surface area contributed by atoms with Gasteiger partial charge in [0.15, 0.2) is 33.0 Å². The number of fused-ring (bicyclic) bond motifs is 3. The molecule has 0 spiro atoms. The zero-order chi connectivity index (χ0) is 48.2. The highest BCUT2D eigenvalue weighted by atomic mass is 32.2. The fourth-order valence-corrected chi connectivity index (χ4v) is 11.6. The summed E-state index contributed by atoms with van der Waals surface area (Å²) in [4.78, 5) is 66.7. The van der Waals surface area contributed by atoms with Gasteiger partial charge in [0.2, 0.25) is 0 Å². The molecule has 0 fully saturated rings. The molecule has 1 atom stereocenters. The van der Waals surface area contributed by atoms with Gasteiger partial charge in [-0.1, -0.05) is 36.4 Å². The summed E-state index contributed by atoms with van der Waals surface area (Å²) in [6.07, 6.45) is -0.693. The number of anilines is 2. The zero-order valence-corrected chi connectivity index (χ0v) is 36.7. The first-order valence-electron chi connectivity index (χ1n) is 18.4. The molecule has 5 aromatic carbocycles. The summed E-state index contributed by atoms with van der Waals surface area (Å²) in [5.41, 5.74) is -6.95. The predicted molar refractivity (Wildman–Crippen MR) is 228 cm³/mol. The molecular weight excluding hydrogens is 973 g/mol. The van der Waals surface area contributed by atoms with Gasteiger partial charge in [-0.3, -0.25) is 42.2 Å². The van der Waals surface area contributed by atoms with Crippen molar-refractivity contribution in [1.29, 1.82) is 0 Å². The molecule has 0 saturated carbocycles. The zero-order valence-electron chi connectivity index (χ0n) is 32.6. The summed E-state index contributed by atoms with van der Waals surface area (Å²) in [7, 11) is -25.2. The Morgan fingerprint density at radius 1 is 0.561 bits per heavy atom. The number of Topliss-reactive ketones (excluding diaryl/α,β-unsaturated/α-hetero) is 2. The van der Waals surface area contributed by atoms with Crippen molar-refractivity contribution in [3.8, 4) is 11.1 Å². The summed E-state index contributed by atoms with van der Waals surface area (Å²) in [5, 5.41) is 1.91. The molecule has 2 aliphatic carbocycles. The van der Waals surface area contributed by atoms with Crippen molar-refractivity contribution < 1.29 is 79.5 Å². The third kappa shape index (κ3) is 7.86. The number of H-pyrrole nitrogens is 1. The third-order valence-corrected chi connectivity index (χ3v) is 16.0. The summed E-state index contributed by atoms with van der Waals surface area (Å²) >= 11 is 0. The molecule has 1 unspecified atom stereocenters. The van der Waals surface area contributed by atoms with Crippen molar-refractivity contribution in [2.75, 3.05) is 11.1 Å². The van der Waals surface area contributed by atoms with Gasteiger partial charge in [-0.25, -0.2) is 8.42 Å². The van der Waals surface area contributed by atoms with Crippen LogP contribution in [0.15, 0.2) is 120 Å². The molecule has 26 heteroatoms. The number of carbonyl (C=O) groups excluding carboxylic acids is 4. The van der Waals surface area contributed by atoms with Crippen LogP contribution in [0.3, 0.4) is 0 Å². The van der Waals surface area contributed by atoms with Gasteiger partial charge >= 0.3 is 0 Å². The molecule has 0 radical (unpaired) electrons. The number of nitrogens with one attached hydrogen (secondary N) is 2. The van der Waals surface area contributed by atoms with Crippen LogP contribution >= 0.6 is 0 Å². The lowest BCUT2D eigenvalue weighted by molar-refractivity contribution is 0.0834. The monoisotopic (exact) mass is 998 g/mol. The van der Waals surface area contributed by atoms with Crippen molar-refractivity contribution in [2.45, 2.75) is 30.9 Å². The average Bonchev–Trinajstić information content (AvgIpc) is 3.47. The molecule has 0 saturated heterocycles. The number of ketones is 4. The van der Waals surface area contributed by atoms with E-state index in [1.165, 1.54) is 24.3 Å². The van der Waals surface area contributed by atoms with E-state index in [0.29, 0.717) is 18.2 Å². The van der Waals surface area contributed by atoms with Crippen molar-refractivity contribution in [2.24, 2.45) is 5.92 Å². The number of aromatic nitrogens is 1. The van der Waals surface area contributed by atoms with Gasteiger partial charge in [0.1, 0.15) is 9.79 Å². The maximum absolute atomic E-state index is 14.5. The van der Waals surface area contributed by atoms with Crippen LogP contribution in [0.4, 0.5) is 11.4 Å². The van der Waals surface area contributed by atoms with E-state index in [1.54, 1.807) is 0 Å². The minimum atomic E-state index is -5.47. The number of carbonyl (C=O) groups is 4.